The molecular formula is C13H17N3. The maximum absolute atomic E-state index is 8.67. The fourth-order valence-corrected chi connectivity index (χ4v) is 2.34. The molecule has 1 fully saturated rings. The van der Waals surface area contributed by atoms with Gasteiger partial charge in [0.2, 0.25) is 0 Å². The van der Waals surface area contributed by atoms with Crippen molar-refractivity contribution in [2.45, 2.75) is 44.6 Å². The lowest BCUT2D eigenvalue weighted by molar-refractivity contribution is 0.349. The fourth-order valence-electron chi connectivity index (χ4n) is 2.34. The summed E-state index contributed by atoms with van der Waals surface area (Å²) in [7, 11) is 0. The van der Waals surface area contributed by atoms with Gasteiger partial charge in [-0.05, 0) is 31.9 Å². The number of rotatable bonds is 2. The minimum atomic E-state index is 0.202. The standard InChI is InChI=1S/C13H17N3/c1-13(7-3-2-4-8-13)16-12-6-5-11(9-14)15-10-12/h5-6,10,16H,2-4,7-8H2,1H3. The van der Waals surface area contributed by atoms with Gasteiger partial charge < -0.3 is 5.32 Å². The molecule has 0 radical (unpaired) electrons. The van der Waals surface area contributed by atoms with Gasteiger partial charge in [-0.25, -0.2) is 4.98 Å². The maximum Gasteiger partial charge on any atom is 0.140 e. The predicted molar refractivity (Wildman–Crippen MR) is 64.1 cm³/mol. The summed E-state index contributed by atoms with van der Waals surface area (Å²) in [5, 5.41) is 12.2. The van der Waals surface area contributed by atoms with Gasteiger partial charge in [-0.2, -0.15) is 5.26 Å². The number of nitriles is 1. The Hall–Kier alpha value is -1.56. The number of pyridine rings is 1. The Kier molecular flexibility index (Phi) is 3.09. The molecule has 1 N–H and O–H groups in total. The molecular weight excluding hydrogens is 198 g/mol. The van der Waals surface area contributed by atoms with Gasteiger partial charge >= 0.3 is 0 Å². The zero-order valence-electron chi connectivity index (χ0n) is 9.66. The van der Waals surface area contributed by atoms with Gasteiger partial charge in [-0.1, -0.05) is 19.3 Å². The highest BCUT2D eigenvalue weighted by molar-refractivity contribution is 5.45. The van der Waals surface area contributed by atoms with Crippen LogP contribution in [0.25, 0.3) is 0 Å². The highest BCUT2D eigenvalue weighted by atomic mass is 15.0. The second-order valence-electron chi connectivity index (χ2n) is 4.79. The van der Waals surface area contributed by atoms with Crippen molar-refractivity contribution in [3.05, 3.63) is 24.0 Å². The lowest BCUT2D eigenvalue weighted by Gasteiger charge is -2.35. The third-order valence-corrected chi connectivity index (χ3v) is 3.28. The Balaban J connectivity index is 2.05. The summed E-state index contributed by atoms with van der Waals surface area (Å²) in [4.78, 5) is 4.07. The normalized spacial score (nSPS) is 18.8. The molecule has 0 spiro atoms. The molecule has 1 saturated carbocycles. The van der Waals surface area contributed by atoms with E-state index in [0.717, 1.165) is 5.69 Å². The molecule has 1 aliphatic rings. The third kappa shape index (κ3) is 2.52. The van der Waals surface area contributed by atoms with Crippen LogP contribution in [0.1, 0.15) is 44.7 Å². The lowest BCUT2D eigenvalue weighted by atomic mass is 9.83. The Morgan fingerprint density at radius 3 is 2.62 bits per heavy atom. The van der Waals surface area contributed by atoms with Crippen LogP contribution in [0.4, 0.5) is 5.69 Å². The Morgan fingerprint density at radius 1 is 1.31 bits per heavy atom. The number of anilines is 1. The van der Waals surface area contributed by atoms with E-state index >= 15 is 0 Å². The smallest absolute Gasteiger partial charge is 0.140 e. The molecule has 1 aromatic heterocycles. The van der Waals surface area contributed by atoms with Crippen molar-refractivity contribution >= 4 is 5.69 Å². The summed E-state index contributed by atoms with van der Waals surface area (Å²) >= 11 is 0. The van der Waals surface area contributed by atoms with Crippen molar-refractivity contribution in [3.8, 4) is 6.07 Å². The van der Waals surface area contributed by atoms with Crippen molar-refractivity contribution in [2.75, 3.05) is 5.32 Å². The summed E-state index contributed by atoms with van der Waals surface area (Å²) in [6.07, 6.45) is 8.13. The molecule has 0 unspecified atom stereocenters. The highest BCUT2D eigenvalue weighted by Gasteiger charge is 2.26. The summed E-state index contributed by atoms with van der Waals surface area (Å²) in [6.45, 7) is 2.27. The van der Waals surface area contributed by atoms with Crippen molar-refractivity contribution in [3.63, 3.8) is 0 Å². The fraction of sp³-hybridized carbons (Fsp3) is 0.538. The van der Waals surface area contributed by atoms with Gasteiger partial charge in [0.1, 0.15) is 11.8 Å². The number of nitrogens with zero attached hydrogens (tertiary/aromatic N) is 2. The third-order valence-electron chi connectivity index (χ3n) is 3.28. The van der Waals surface area contributed by atoms with Crippen LogP contribution in [0, 0.1) is 11.3 Å². The minimum absolute atomic E-state index is 0.202. The first-order valence-corrected chi connectivity index (χ1v) is 5.86. The molecule has 1 aliphatic carbocycles. The maximum atomic E-state index is 8.67. The summed E-state index contributed by atoms with van der Waals surface area (Å²) in [5.41, 5.74) is 1.69. The topological polar surface area (TPSA) is 48.7 Å². The van der Waals surface area contributed by atoms with Gasteiger partial charge in [0, 0.05) is 5.54 Å². The van der Waals surface area contributed by atoms with Crippen molar-refractivity contribution in [1.29, 1.82) is 5.26 Å². The van der Waals surface area contributed by atoms with E-state index in [0.29, 0.717) is 5.69 Å². The van der Waals surface area contributed by atoms with E-state index in [1.54, 1.807) is 12.3 Å². The van der Waals surface area contributed by atoms with Crippen LogP contribution < -0.4 is 5.32 Å². The van der Waals surface area contributed by atoms with Gasteiger partial charge in [0.05, 0.1) is 11.9 Å². The number of aromatic nitrogens is 1. The van der Waals surface area contributed by atoms with E-state index in [-0.39, 0.29) is 5.54 Å². The van der Waals surface area contributed by atoms with Crippen LogP contribution in [0.2, 0.25) is 0 Å². The zero-order valence-corrected chi connectivity index (χ0v) is 9.66. The van der Waals surface area contributed by atoms with Gasteiger partial charge in [-0.3, -0.25) is 0 Å². The highest BCUT2D eigenvalue weighted by Crippen LogP contribution is 2.30. The molecule has 1 aromatic rings. The zero-order chi connectivity index (χ0) is 11.4. The quantitative estimate of drug-likeness (QED) is 0.824. The lowest BCUT2D eigenvalue weighted by Crippen LogP contribution is -2.36. The molecule has 0 bridgehead atoms. The summed E-state index contributed by atoms with van der Waals surface area (Å²) in [5.74, 6) is 0. The van der Waals surface area contributed by atoms with E-state index in [1.165, 1.54) is 32.1 Å². The van der Waals surface area contributed by atoms with E-state index in [1.807, 2.05) is 12.1 Å². The van der Waals surface area contributed by atoms with E-state index in [2.05, 4.69) is 17.2 Å². The summed E-state index contributed by atoms with van der Waals surface area (Å²) in [6, 6.07) is 5.72. The molecule has 3 heteroatoms. The largest absolute Gasteiger partial charge is 0.379 e. The van der Waals surface area contributed by atoms with Crippen molar-refractivity contribution in [1.82, 2.24) is 4.98 Å². The molecule has 0 aliphatic heterocycles. The van der Waals surface area contributed by atoms with Crippen molar-refractivity contribution in [2.24, 2.45) is 0 Å². The first-order chi connectivity index (χ1) is 7.72. The second kappa shape index (κ2) is 4.52. The van der Waals surface area contributed by atoms with Crippen LogP contribution >= 0.6 is 0 Å². The predicted octanol–water partition coefficient (Wildman–Crippen LogP) is 3.09. The van der Waals surface area contributed by atoms with Gasteiger partial charge in [0.15, 0.2) is 0 Å². The molecule has 1 heterocycles. The van der Waals surface area contributed by atoms with Gasteiger partial charge in [-0.15, -0.1) is 0 Å². The molecule has 2 rings (SSSR count). The molecule has 0 aromatic carbocycles. The van der Waals surface area contributed by atoms with E-state index in [9.17, 15) is 0 Å². The summed E-state index contributed by atoms with van der Waals surface area (Å²) < 4.78 is 0. The first-order valence-electron chi connectivity index (χ1n) is 5.86. The van der Waals surface area contributed by atoms with Crippen LogP contribution in [0.3, 0.4) is 0 Å². The Bertz CT molecular complexity index is 383. The molecule has 0 saturated heterocycles. The van der Waals surface area contributed by atoms with E-state index < -0.39 is 0 Å². The monoisotopic (exact) mass is 215 g/mol. The Morgan fingerprint density at radius 2 is 2.06 bits per heavy atom. The van der Waals surface area contributed by atoms with Crippen LogP contribution in [0.15, 0.2) is 18.3 Å². The molecule has 0 atom stereocenters. The number of hydrogen-bond donors (Lipinski definition) is 1. The molecule has 0 amide bonds. The number of hydrogen-bond acceptors (Lipinski definition) is 3. The average molecular weight is 215 g/mol. The second-order valence-corrected chi connectivity index (χ2v) is 4.79. The minimum Gasteiger partial charge on any atom is -0.379 e. The van der Waals surface area contributed by atoms with Crippen LogP contribution in [-0.2, 0) is 0 Å². The number of nitrogens with one attached hydrogen (secondary N) is 1. The molecule has 16 heavy (non-hydrogen) atoms. The molecule has 3 nitrogen and oxygen atoms in total. The Labute approximate surface area is 96.5 Å². The van der Waals surface area contributed by atoms with E-state index in [4.69, 9.17) is 5.26 Å². The van der Waals surface area contributed by atoms with Crippen LogP contribution in [0.5, 0.6) is 0 Å². The van der Waals surface area contributed by atoms with Crippen molar-refractivity contribution < 1.29 is 0 Å². The van der Waals surface area contributed by atoms with Gasteiger partial charge in [0.25, 0.3) is 0 Å². The molecule has 84 valence electrons. The first kappa shape index (κ1) is 10.9. The SMILES string of the molecule is CC1(Nc2ccc(C#N)nc2)CCCCC1. The average Bonchev–Trinajstić information content (AvgIpc) is 2.30. The van der Waals surface area contributed by atoms with Crippen LogP contribution in [-0.4, -0.2) is 10.5 Å².